The van der Waals surface area contributed by atoms with Crippen LogP contribution in [0, 0.1) is 11.8 Å². The van der Waals surface area contributed by atoms with Gasteiger partial charge in [0, 0.05) is 25.5 Å². The predicted octanol–water partition coefficient (Wildman–Crippen LogP) is -0.245. The van der Waals surface area contributed by atoms with Crippen molar-refractivity contribution in [3.63, 3.8) is 0 Å². The number of carbonyl (C=O) groups excluding carboxylic acids is 1. The zero-order valence-electron chi connectivity index (χ0n) is 10.2. The van der Waals surface area contributed by atoms with Crippen molar-refractivity contribution in [3.8, 4) is 0 Å². The first-order valence-electron chi connectivity index (χ1n) is 6.31. The second-order valence-electron chi connectivity index (χ2n) is 5.29. The zero-order chi connectivity index (χ0) is 13.2. The summed E-state index contributed by atoms with van der Waals surface area (Å²) in [5.74, 6) is -1.62. The van der Waals surface area contributed by atoms with Crippen LogP contribution in [-0.4, -0.2) is 47.4 Å². The lowest BCUT2D eigenvalue weighted by Gasteiger charge is -2.21. The highest BCUT2D eigenvalue weighted by Crippen LogP contribution is 2.31. The molecule has 3 unspecified atom stereocenters. The SMILES string of the molecule is O=C(O)C1CCC(C(=O)NCC2(O)CCOC2)C1. The summed E-state index contributed by atoms with van der Waals surface area (Å²) in [5, 5.41) is 21.6. The van der Waals surface area contributed by atoms with Gasteiger partial charge >= 0.3 is 5.97 Å². The molecule has 2 aliphatic rings. The summed E-state index contributed by atoms with van der Waals surface area (Å²) in [5.41, 5.74) is -0.958. The summed E-state index contributed by atoms with van der Waals surface area (Å²) in [6.07, 6.45) is 2.09. The summed E-state index contributed by atoms with van der Waals surface area (Å²) >= 11 is 0. The number of ether oxygens (including phenoxy) is 1. The number of aliphatic carboxylic acids is 1. The fraction of sp³-hybridized carbons (Fsp3) is 0.833. The molecule has 1 saturated carbocycles. The van der Waals surface area contributed by atoms with E-state index in [2.05, 4.69) is 5.32 Å². The average molecular weight is 257 g/mol. The third-order valence-corrected chi connectivity index (χ3v) is 3.83. The molecule has 102 valence electrons. The number of nitrogens with one attached hydrogen (secondary N) is 1. The minimum absolute atomic E-state index is 0.154. The number of amides is 1. The number of hydrogen-bond acceptors (Lipinski definition) is 4. The Kier molecular flexibility index (Phi) is 3.87. The number of carboxylic acids is 1. The van der Waals surface area contributed by atoms with Crippen molar-refractivity contribution in [1.29, 1.82) is 0 Å². The molecule has 2 rings (SSSR count). The zero-order valence-corrected chi connectivity index (χ0v) is 10.2. The third kappa shape index (κ3) is 3.00. The molecule has 3 atom stereocenters. The molecule has 6 heteroatoms. The van der Waals surface area contributed by atoms with Crippen LogP contribution in [0.1, 0.15) is 25.7 Å². The van der Waals surface area contributed by atoms with Crippen molar-refractivity contribution in [2.24, 2.45) is 11.8 Å². The molecule has 0 aromatic heterocycles. The Hall–Kier alpha value is -1.14. The maximum absolute atomic E-state index is 11.9. The molecule has 0 aromatic carbocycles. The second kappa shape index (κ2) is 5.24. The van der Waals surface area contributed by atoms with Gasteiger partial charge in [-0.3, -0.25) is 9.59 Å². The Morgan fingerprint density at radius 1 is 1.33 bits per heavy atom. The largest absolute Gasteiger partial charge is 0.481 e. The van der Waals surface area contributed by atoms with Crippen LogP contribution in [-0.2, 0) is 14.3 Å². The first-order valence-corrected chi connectivity index (χ1v) is 6.31. The molecule has 0 aromatic rings. The summed E-state index contributed by atoms with van der Waals surface area (Å²) in [7, 11) is 0. The molecule has 1 saturated heterocycles. The van der Waals surface area contributed by atoms with Gasteiger partial charge in [-0.2, -0.15) is 0 Å². The van der Waals surface area contributed by atoms with E-state index in [9.17, 15) is 14.7 Å². The van der Waals surface area contributed by atoms with E-state index >= 15 is 0 Å². The van der Waals surface area contributed by atoms with Gasteiger partial charge in [0.1, 0.15) is 5.60 Å². The van der Waals surface area contributed by atoms with E-state index in [0.29, 0.717) is 32.3 Å². The minimum Gasteiger partial charge on any atom is -0.481 e. The van der Waals surface area contributed by atoms with Crippen molar-refractivity contribution < 1.29 is 24.5 Å². The standard InChI is InChI=1S/C12H19NO5/c14-10(8-1-2-9(5-8)11(15)16)13-6-12(17)3-4-18-7-12/h8-9,17H,1-7H2,(H,13,14)(H,15,16). The maximum Gasteiger partial charge on any atom is 0.306 e. The Morgan fingerprint density at radius 3 is 2.61 bits per heavy atom. The number of hydrogen-bond donors (Lipinski definition) is 3. The lowest BCUT2D eigenvalue weighted by atomic mass is 10.0. The molecule has 6 nitrogen and oxygen atoms in total. The van der Waals surface area contributed by atoms with Crippen LogP contribution >= 0.6 is 0 Å². The van der Waals surface area contributed by atoms with Crippen LogP contribution in [0.15, 0.2) is 0 Å². The summed E-state index contributed by atoms with van der Waals surface area (Å²) in [4.78, 5) is 22.7. The number of carboxylic acid groups (broad SMARTS) is 1. The topological polar surface area (TPSA) is 95.9 Å². The fourth-order valence-corrected chi connectivity index (χ4v) is 2.58. The number of rotatable bonds is 4. The Bertz CT molecular complexity index is 337. The lowest BCUT2D eigenvalue weighted by Crippen LogP contribution is -2.44. The van der Waals surface area contributed by atoms with E-state index in [0.717, 1.165) is 0 Å². The van der Waals surface area contributed by atoms with Gasteiger partial charge in [0.2, 0.25) is 5.91 Å². The summed E-state index contributed by atoms with van der Waals surface area (Å²) in [6.45, 7) is 0.937. The molecule has 3 N–H and O–H groups in total. The second-order valence-corrected chi connectivity index (χ2v) is 5.29. The number of carbonyl (C=O) groups is 2. The van der Waals surface area contributed by atoms with Crippen LogP contribution < -0.4 is 5.32 Å². The van der Waals surface area contributed by atoms with Crippen LogP contribution in [0.4, 0.5) is 0 Å². The smallest absolute Gasteiger partial charge is 0.306 e. The highest BCUT2D eigenvalue weighted by Gasteiger charge is 2.36. The van der Waals surface area contributed by atoms with Gasteiger partial charge in [-0.1, -0.05) is 0 Å². The van der Waals surface area contributed by atoms with Gasteiger partial charge in [-0.25, -0.2) is 0 Å². The van der Waals surface area contributed by atoms with Gasteiger partial charge in [-0.05, 0) is 19.3 Å². The van der Waals surface area contributed by atoms with Crippen molar-refractivity contribution >= 4 is 11.9 Å². The molecule has 0 bridgehead atoms. The molecule has 1 aliphatic heterocycles. The van der Waals surface area contributed by atoms with Gasteiger partial charge in [-0.15, -0.1) is 0 Å². The molecule has 0 spiro atoms. The van der Waals surface area contributed by atoms with Crippen molar-refractivity contribution in [3.05, 3.63) is 0 Å². The highest BCUT2D eigenvalue weighted by atomic mass is 16.5. The Balaban J connectivity index is 1.77. The highest BCUT2D eigenvalue weighted by molar-refractivity contribution is 5.80. The molecule has 1 heterocycles. The Labute approximate surface area is 105 Å². The summed E-state index contributed by atoms with van der Waals surface area (Å²) in [6, 6.07) is 0. The van der Waals surface area contributed by atoms with Crippen molar-refractivity contribution in [2.75, 3.05) is 19.8 Å². The van der Waals surface area contributed by atoms with Crippen LogP contribution in [0.25, 0.3) is 0 Å². The molecule has 1 amide bonds. The molecule has 1 aliphatic carbocycles. The van der Waals surface area contributed by atoms with Gasteiger partial charge < -0.3 is 20.3 Å². The first kappa shape index (κ1) is 13.3. The number of aliphatic hydroxyl groups is 1. The average Bonchev–Trinajstić information content (AvgIpc) is 2.95. The minimum atomic E-state index is -0.958. The van der Waals surface area contributed by atoms with E-state index in [1.165, 1.54) is 0 Å². The monoisotopic (exact) mass is 257 g/mol. The third-order valence-electron chi connectivity index (χ3n) is 3.83. The lowest BCUT2D eigenvalue weighted by molar-refractivity contribution is -0.141. The quantitative estimate of drug-likeness (QED) is 0.645. The van der Waals surface area contributed by atoms with Crippen LogP contribution in [0.3, 0.4) is 0 Å². The van der Waals surface area contributed by atoms with E-state index in [4.69, 9.17) is 9.84 Å². The predicted molar refractivity (Wildman–Crippen MR) is 61.9 cm³/mol. The van der Waals surface area contributed by atoms with Crippen LogP contribution in [0.2, 0.25) is 0 Å². The first-order chi connectivity index (χ1) is 8.50. The molecule has 18 heavy (non-hydrogen) atoms. The van der Waals surface area contributed by atoms with E-state index < -0.39 is 17.5 Å². The van der Waals surface area contributed by atoms with Crippen molar-refractivity contribution in [1.82, 2.24) is 5.32 Å². The Morgan fingerprint density at radius 2 is 2.06 bits per heavy atom. The molecule has 0 radical (unpaired) electrons. The van der Waals surface area contributed by atoms with Gasteiger partial charge in [0.25, 0.3) is 0 Å². The van der Waals surface area contributed by atoms with Crippen molar-refractivity contribution in [2.45, 2.75) is 31.3 Å². The maximum atomic E-state index is 11.9. The molecule has 2 fully saturated rings. The van der Waals surface area contributed by atoms with E-state index in [1.807, 2.05) is 0 Å². The molecular formula is C12H19NO5. The fourth-order valence-electron chi connectivity index (χ4n) is 2.58. The van der Waals surface area contributed by atoms with Crippen LogP contribution in [0.5, 0.6) is 0 Å². The van der Waals surface area contributed by atoms with E-state index in [1.54, 1.807) is 0 Å². The normalized spacial score (nSPS) is 35.6. The molecular weight excluding hydrogens is 238 g/mol. The van der Waals surface area contributed by atoms with Gasteiger partial charge in [0.15, 0.2) is 0 Å². The van der Waals surface area contributed by atoms with E-state index in [-0.39, 0.29) is 25.0 Å². The van der Waals surface area contributed by atoms with Gasteiger partial charge in [0.05, 0.1) is 12.5 Å². The summed E-state index contributed by atoms with van der Waals surface area (Å²) < 4.78 is 5.09.